The van der Waals surface area contributed by atoms with Crippen LogP contribution in [0.2, 0.25) is 0 Å². The Balaban J connectivity index is 1.84. The van der Waals surface area contributed by atoms with Crippen LogP contribution in [-0.2, 0) is 6.42 Å². The van der Waals surface area contributed by atoms with E-state index in [1.54, 1.807) is 6.07 Å². The molecule has 21 heavy (non-hydrogen) atoms. The third kappa shape index (κ3) is 2.66. The highest BCUT2D eigenvalue weighted by atomic mass is 19.1. The van der Waals surface area contributed by atoms with Crippen molar-refractivity contribution in [3.63, 3.8) is 0 Å². The van der Waals surface area contributed by atoms with Crippen LogP contribution in [0.4, 0.5) is 10.1 Å². The number of hydrogen-bond donors (Lipinski definition) is 1. The van der Waals surface area contributed by atoms with Crippen LogP contribution in [-0.4, -0.2) is 13.7 Å². The quantitative estimate of drug-likeness (QED) is 0.927. The molecule has 1 atom stereocenters. The van der Waals surface area contributed by atoms with Crippen LogP contribution in [0.1, 0.15) is 24.2 Å². The second-order valence-electron chi connectivity index (χ2n) is 5.07. The van der Waals surface area contributed by atoms with Crippen molar-refractivity contribution < 1.29 is 13.9 Å². The van der Waals surface area contributed by atoms with Gasteiger partial charge in [0.15, 0.2) is 11.6 Å². The summed E-state index contributed by atoms with van der Waals surface area (Å²) in [5, 5.41) is 3.36. The molecule has 3 nitrogen and oxygen atoms in total. The predicted octanol–water partition coefficient (Wildman–Crippen LogP) is 3.94. The normalized spacial score (nSPS) is 16.6. The van der Waals surface area contributed by atoms with Gasteiger partial charge in [0.25, 0.3) is 0 Å². The van der Waals surface area contributed by atoms with Crippen molar-refractivity contribution in [2.45, 2.75) is 19.4 Å². The minimum Gasteiger partial charge on any atom is -0.494 e. The summed E-state index contributed by atoms with van der Waals surface area (Å²) in [6, 6.07) is 11.0. The number of aryl methyl sites for hydroxylation is 1. The second-order valence-corrected chi connectivity index (χ2v) is 5.07. The number of benzene rings is 2. The van der Waals surface area contributed by atoms with Crippen LogP contribution in [0.15, 0.2) is 36.4 Å². The minimum absolute atomic E-state index is 0.203. The molecule has 0 saturated carbocycles. The maximum atomic E-state index is 13.8. The molecule has 0 bridgehead atoms. The summed E-state index contributed by atoms with van der Waals surface area (Å²) in [4.78, 5) is 0. The van der Waals surface area contributed by atoms with Gasteiger partial charge in [-0.15, -0.1) is 0 Å². The van der Waals surface area contributed by atoms with E-state index in [0.29, 0.717) is 6.54 Å². The zero-order chi connectivity index (χ0) is 14.8. The third-order valence-electron chi connectivity index (χ3n) is 3.75. The lowest BCUT2D eigenvalue weighted by Gasteiger charge is -2.28. The lowest BCUT2D eigenvalue weighted by molar-refractivity contribution is 0.209. The third-order valence-corrected chi connectivity index (χ3v) is 3.75. The van der Waals surface area contributed by atoms with Gasteiger partial charge in [-0.05, 0) is 41.8 Å². The van der Waals surface area contributed by atoms with Crippen molar-refractivity contribution in [1.29, 1.82) is 0 Å². The number of methoxy groups -OCH3 is 1. The molecule has 1 heterocycles. The van der Waals surface area contributed by atoms with Crippen LogP contribution in [0.3, 0.4) is 0 Å². The first-order chi connectivity index (χ1) is 10.2. The number of hydrogen-bond acceptors (Lipinski definition) is 3. The zero-order valence-corrected chi connectivity index (χ0v) is 12.2. The summed E-state index contributed by atoms with van der Waals surface area (Å²) in [6.45, 7) is 2.74. The van der Waals surface area contributed by atoms with Crippen LogP contribution in [0.5, 0.6) is 11.5 Å². The van der Waals surface area contributed by atoms with E-state index in [0.717, 1.165) is 23.4 Å². The molecule has 0 aliphatic carbocycles. The molecule has 1 unspecified atom stereocenters. The average molecular weight is 287 g/mol. The maximum Gasteiger partial charge on any atom is 0.165 e. The Labute approximate surface area is 123 Å². The Morgan fingerprint density at radius 2 is 2.14 bits per heavy atom. The fourth-order valence-corrected chi connectivity index (χ4v) is 2.50. The van der Waals surface area contributed by atoms with Crippen LogP contribution in [0, 0.1) is 5.82 Å². The summed E-state index contributed by atoms with van der Waals surface area (Å²) in [6.07, 6.45) is 0.785. The van der Waals surface area contributed by atoms with Crippen molar-refractivity contribution >= 4 is 5.69 Å². The number of anilines is 1. The van der Waals surface area contributed by atoms with E-state index in [2.05, 4.69) is 24.4 Å². The molecule has 0 fully saturated rings. The molecule has 0 saturated heterocycles. The van der Waals surface area contributed by atoms with Gasteiger partial charge in [-0.1, -0.05) is 19.1 Å². The van der Waals surface area contributed by atoms with E-state index < -0.39 is 0 Å². The molecule has 0 spiro atoms. The van der Waals surface area contributed by atoms with E-state index in [1.807, 2.05) is 12.1 Å². The first-order valence-corrected chi connectivity index (χ1v) is 7.08. The number of rotatable bonds is 3. The van der Waals surface area contributed by atoms with Crippen molar-refractivity contribution in [3.05, 3.63) is 53.3 Å². The molecule has 0 amide bonds. The highest BCUT2D eigenvalue weighted by Crippen LogP contribution is 2.35. The second kappa shape index (κ2) is 5.64. The number of nitrogens with one attached hydrogen (secondary N) is 1. The largest absolute Gasteiger partial charge is 0.494 e. The molecule has 0 radical (unpaired) electrons. The van der Waals surface area contributed by atoms with E-state index in [1.165, 1.54) is 18.7 Å². The van der Waals surface area contributed by atoms with Gasteiger partial charge in [0.1, 0.15) is 11.9 Å². The Morgan fingerprint density at radius 1 is 1.29 bits per heavy atom. The summed E-state index contributed by atoms with van der Waals surface area (Å²) in [5.74, 6) is 0.681. The first-order valence-electron chi connectivity index (χ1n) is 7.08. The van der Waals surface area contributed by atoms with E-state index in [-0.39, 0.29) is 17.7 Å². The van der Waals surface area contributed by atoms with Gasteiger partial charge in [0.2, 0.25) is 0 Å². The predicted molar refractivity (Wildman–Crippen MR) is 80.6 cm³/mol. The van der Waals surface area contributed by atoms with Crippen LogP contribution >= 0.6 is 0 Å². The van der Waals surface area contributed by atoms with E-state index in [9.17, 15) is 4.39 Å². The number of fused-ring (bicyclic) bond motifs is 1. The van der Waals surface area contributed by atoms with Gasteiger partial charge in [-0.2, -0.15) is 0 Å². The van der Waals surface area contributed by atoms with Gasteiger partial charge in [-0.25, -0.2) is 4.39 Å². The lowest BCUT2D eigenvalue weighted by atomic mass is 10.1. The Bertz CT molecular complexity index is 657. The fourth-order valence-electron chi connectivity index (χ4n) is 2.50. The highest BCUT2D eigenvalue weighted by Gasteiger charge is 2.22. The molecule has 2 aromatic carbocycles. The average Bonchev–Trinajstić information content (AvgIpc) is 2.53. The van der Waals surface area contributed by atoms with Crippen LogP contribution in [0.25, 0.3) is 0 Å². The lowest BCUT2D eigenvalue weighted by Crippen LogP contribution is -2.23. The topological polar surface area (TPSA) is 30.5 Å². The van der Waals surface area contributed by atoms with Gasteiger partial charge >= 0.3 is 0 Å². The zero-order valence-electron chi connectivity index (χ0n) is 12.2. The standard InChI is InChI=1S/C17H18FNO2/c1-3-11-4-6-16-14(8-11)19-10-17(21-16)12-5-7-15(20-2)13(18)9-12/h4-9,17,19H,3,10H2,1-2H3. The van der Waals surface area contributed by atoms with Gasteiger partial charge in [-0.3, -0.25) is 0 Å². The van der Waals surface area contributed by atoms with Gasteiger partial charge in [0, 0.05) is 0 Å². The number of halogens is 1. The smallest absolute Gasteiger partial charge is 0.165 e. The van der Waals surface area contributed by atoms with E-state index in [4.69, 9.17) is 9.47 Å². The SMILES string of the molecule is CCc1ccc2c(c1)NCC(c1ccc(OC)c(F)c1)O2. The Kier molecular flexibility index (Phi) is 3.69. The Morgan fingerprint density at radius 3 is 2.86 bits per heavy atom. The first kappa shape index (κ1) is 13.7. The monoisotopic (exact) mass is 287 g/mol. The van der Waals surface area contributed by atoms with Crippen molar-refractivity contribution in [2.24, 2.45) is 0 Å². The van der Waals surface area contributed by atoms with Crippen molar-refractivity contribution in [3.8, 4) is 11.5 Å². The molecule has 3 rings (SSSR count). The van der Waals surface area contributed by atoms with Crippen molar-refractivity contribution in [2.75, 3.05) is 19.0 Å². The molecule has 1 aliphatic heterocycles. The van der Waals surface area contributed by atoms with Crippen LogP contribution < -0.4 is 14.8 Å². The number of ether oxygens (including phenoxy) is 2. The highest BCUT2D eigenvalue weighted by molar-refractivity contribution is 5.60. The summed E-state index contributed by atoms with van der Waals surface area (Å²) in [7, 11) is 1.46. The molecule has 2 aromatic rings. The molecule has 1 aliphatic rings. The fraction of sp³-hybridized carbons (Fsp3) is 0.294. The molecular formula is C17H18FNO2. The van der Waals surface area contributed by atoms with Gasteiger partial charge in [0.05, 0.1) is 19.3 Å². The molecule has 1 N–H and O–H groups in total. The van der Waals surface area contributed by atoms with E-state index >= 15 is 0 Å². The minimum atomic E-state index is -0.370. The molecule has 110 valence electrons. The maximum absolute atomic E-state index is 13.8. The summed E-state index contributed by atoms with van der Waals surface area (Å²) < 4.78 is 24.7. The summed E-state index contributed by atoms with van der Waals surface area (Å²) >= 11 is 0. The van der Waals surface area contributed by atoms with Gasteiger partial charge < -0.3 is 14.8 Å². The van der Waals surface area contributed by atoms with Crippen molar-refractivity contribution in [1.82, 2.24) is 0 Å². The Hall–Kier alpha value is -2.23. The molecule has 0 aromatic heterocycles. The molecular weight excluding hydrogens is 269 g/mol. The summed E-state index contributed by atoms with van der Waals surface area (Å²) in [5.41, 5.74) is 3.06. The molecule has 4 heteroatoms.